The molecule has 3 aliphatic rings. The molecule has 0 radical (unpaired) electrons. The Morgan fingerprint density at radius 1 is 1.07 bits per heavy atom. The van der Waals surface area contributed by atoms with Gasteiger partial charge >= 0.3 is 6.03 Å². The number of nitrogens with one attached hydrogen (secondary N) is 1. The van der Waals surface area contributed by atoms with E-state index in [2.05, 4.69) is 15.2 Å². The first-order valence-corrected chi connectivity index (χ1v) is 10.6. The highest BCUT2D eigenvalue weighted by Crippen LogP contribution is 2.55. The topological polar surface area (TPSA) is 82.2 Å². The number of aromatic nitrogens is 3. The number of anilines is 1. The van der Waals surface area contributed by atoms with E-state index >= 15 is 0 Å². The Morgan fingerprint density at radius 3 is 2.63 bits per heavy atom. The van der Waals surface area contributed by atoms with Gasteiger partial charge in [0.15, 0.2) is 0 Å². The number of carbonyl (C=O) groups excluding carboxylic acids is 2. The zero-order chi connectivity index (χ0) is 20.3. The van der Waals surface area contributed by atoms with Crippen molar-refractivity contribution in [2.24, 2.45) is 11.8 Å². The zero-order valence-electron chi connectivity index (χ0n) is 16.6. The van der Waals surface area contributed by atoms with Gasteiger partial charge in [0.05, 0.1) is 24.1 Å². The van der Waals surface area contributed by atoms with E-state index in [9.17, 15) is 9.59 Å². The molecule has 2 aliphatic carbocycles. The Labute approximate surface area is 174 Å². The molecule has 1 aliphatic heterocycles. The van der Waals surface area contributed by atoms with Crippen LogP contribution in [-0.2, 0) is 11.3 Å². The number of carbonyl (C=O) groups is 2. The van der Waals surface area contributed by atoms with Gasteiger partial charge in [0.1, 0.15) is 5.54 Å². The lowest BCUT2D eigenvalue weighted by Crippen LogP contribution is -2.60. The maximum atomic E-state index is 13.8. The number of aromatic amines is 1. The van der Waals surface area contributed by atoms with Crippen molar-refractivity contribution in [1.29, 1.82) is 0 Å². The minimum absolute atomic E-state index is 0.110. The van der Waals surface area contributed by atoms with Crippen LogP contribution in [0.25, 0.3) is 10.8 Å². The lowest BCUT2D eigenvalue weighted by Gasteiger charge is -2.52. The molecule has 0 bridgehead atoms. The summed E-state index contributed by atoms with van der Waals surface area (Å²) >= 11 is 0. The number of rotatable bonds is 4. The number of nitrogens with zero attached hydrogens (tertiary/aromatic N) is 4. The van der Waals surface area contributed by atoms with E-state index in [1.165, 1.54) is 24.2 Å². The number of pyridine rings is 1. The van der Waals surface area contributed by atoms with Crippen molar-refractivity contribution >= 4 is 28.4 Å². The monoisotopic (exact) mass is 401 g/mol. The fourth-order valence-electron chi connectivity index (χ4n) is 5.41. The van der Waals surface area contributed by atoms with Crippen LogP contribution in [0.5, 0.6) is 0 Å². The Kier molecular flexibility index (Phi) is 3.75. The molecule has 3 heterocycles. The summed E-state index contributed by atoms with van der Waals surface area (Å²) in [6.07, 6.45) is 10.4. The minimum atomic E-state index is -0.751. The number of fused-ring (bicyclic) bond motifs is 1. The largest absolute Gasteiger partial charge is 0.332 e. The van der Waals surface area contributed by atoms with E-state index < -0.39 is 5.54 Å². The molecule has 3 aromatic rings. The molecule has 1 N–H and O–H groups in total. The van der Waals surface area contributed by atoms with Gasteiger partial charge in [0, 0.05) is 23.2 Å². The highest BCUT2D eigenvalue weighted by atomic mass is 16.2. The zero-order valence-corrected chi connectivity index (χ0v) is 16.6. The molecule has 1 aromatic carbocycles. The number of benzene rings is 1. The summed E-state index contributed by atoms with van der Waals surface area (Å²) in [4.78, 5) is 34.8. The molecule has 2 saturated carbocycles. The average molecular weight is 401 g/mol. The van der Waals surface area contributed by atoms with E-state index in [1.807, 2.05) is 30.3 Å². The summed E-state index contributed by atoms with van der Waals surface area (Å²) in [5.74, 6) is 1.13. The summed E-state index contributed by atoms with van der Waals surface area (Å²) < 4.78 is 0. The second-order valence-corrected chi connectivity index (χ2v) is 8.86. The normalized spacial score (nSPS) is 26.5. The number of amides is 3. The van der Waals surface area contributed by atoms with Crippen molar-refractivity contribution in [3.63, 3.8) is 0 Å². The number of urea groups is 1. The Bertz CT molecular complexity index is 1130. The van der Waals surface area contributed by atoms with Crippen LogP contribution in [0.1, 0.15) is 37.8 Å². The molecule has 0 atom stereocenters. The predicted octanol–water partition coefficient (Wildman–Crippen LogP) is 3.88. The van der Waals surface area contributed by atoms with Crippen LogP contribution in [0, 0.1) is 11.8 Å². The first-order chi connectivity index (χ1) is 14.7. The third kappa shape index (κ3) is 2.38. The quantitative estimate of drug-likeness (QED) is 0.673. The van der Waals surface area contributed by atoms with Gasteiger partial charge < -0.3 is 4.90 Å². The molecule has 1 spiro atoms. The Morgan fingerprint density at radius 2 is 1.90 bits per heavy atom. The van der Waals surface area contributed by atoms with Gasteiger partial charge in [-0.3, -0.25) is 14.9 Å². The van der Waals surface area contributed by atoms with Crippen LogP contribution in [0.4, 0.5) is 10.5 Å². The second-order valence-electron chi connectivity index (χ2n) is 8.86. The molecule has 152 valence electrons. The van der Waals surface area contributed by atoms with E-state index in [4.69, 9.17) is 0 Å². The molecule has 7 heteroatoms. The Hall–Kier alpha value is -3.22. The molecule has 6 rings (SSSR count). The van der Waals surface area contributed by atoms with Crippen LogP contribution in [0.3, 0.4) is 0 Å². The standard InChI is InChI=1S/C23H23N5O2/c29-21-23(10-17(11-23)15-5-3-6-15)27(14-18-8-9-25-26-18)22(30)28(21)20-13-24-12-16-4-1-2-7-19(16)20/h1-2,4,7-9,12-13,15,17H,3,5-6,10-11,14H2,(H,25,26). The van der Waals surface area contributed by atoms with Crippen molar-refractivity contribution in [3.05, 3.63) is 54.6 Å². The van der Waals surface area contributed by atoms with Gasteiger partial charge in [-0.05, 0) is 30.7 Å². The van der Waals surface area contributed by atoms with Gasteiger partial charge in [-0.1, -0.05) is 43.5 Å². The smallest absolute Gasteiger partial charge is 0.303 e. The van der Waals surface area contributed by atoms with Crippen molar-refractivity contribution in [3.8, 4) is 0 Å². The maximum absolute atomic E-state index is 13.8. The first kappa shape index (κ1) is 17.6. The maximum Gasteiger partial charge on any atom is 0.332 e. The first-order valence-electron chi connectivity index (χ1n) is 10.6. The fourth-order valence-corrected chi connectivity index (χ4v) is 5.41. The molecular formula is C23H23N5O2. The average Bonchev–Trinajstić information content (AvgIpc) is 3.27. The third-order valence-electron chi connectivity index (χ3n) is 7.33. The third-order valence-corrected chi connectivity index (χ3v) is 7.33. The lowest BCUT2D eigenvalue weighted by molar-refractivity contribution is -0.135. The van der Waals surface area contributed by atoms with Crippen LogP contribution in [-0.4, -0.2) is 37.6 Å². The molecule has 0 unspecified atom stereocenters. The van der Waals surface area contributed by atoms with Crippen LogP contribution >= 0.6 is 0 Å². The van der Waals surface area contributed by atoms with Crippen molar-refractivity contribution in [2.75, 3.05) is 4.90 Å². The SMILES string of the molecule is O=C1N(c2cncc3ccccc23)C(=O)C2(CC(C3CCC3)C2)N1Cc1ccn[nH]1. The summed E-state index contributed by atoms with van der Waals surface area (Å²) in [7, 11) is 0. The predicted molar refractivity (Wildman–Crippen MR) is 112 cm³/mol. The molecule has 30 heavy (non-hydrogen) atoms. The van der Waals surface area contributed by atoms with Crippen LogP contribution in [0.2, 0.25) is 0 Å². The van der Waals surface area contributed by atoms with Crippen LogP contribution < -0.4 is 4.90 Å². The van der Waals surface area contributed by atoms with Crippen molar-refractivity contribution in [2.45, 2.75) is 44.2 Å². The highest BCUT2D eigenvalue weighted by molar-refractivity contribution is 6.26. The van der Waals surface area contributed by atoms with Crippen molar-refractivity contribution < 1.29 is 9.59 Å². The molecule has 7 nitrogen and oxygen atoms in total. The van der Waals surface area contributed by atoms with Gasteiger partial charge in [-0.15, -0.1) is 0 Å². The molecule has 3 fully saturated rings. The summed E-state index contributed by atoms with van der Waals surface area (Å²) in [5, 5.41) is 8.73. The minimum Gasteiger partial charge on any atom is -0.303 e. The van der Waals surface area contributed by atoms with E-state index in [1.54, 1.807) is 23.5 Å². The van der Waals surface area contributed by atoms with Crippen molar-refractivity contribution in [1.82, 2.24) is 20.1 Å². The molecular weight excluding hydrogens is 378 g/mol. The van der Waals surface area contributed by atoms with Gasteiger partial charge in [-0.25, -0.2) is 9.69 Å². The van der Waals surface area contributed by atoms with E-state index in [0.717, 1.165) is 29.3 Å². The van der Waals surface area contributed by atoms with E-state index in [-0.39, 0.29) is 11.9 Å². The number of hydrogen-bond donors (Lipinski definition) is 1. The summed E-state index contributed by atoms with van der Waals surface area (Å²) in [6.45, 7) is 0.358. The summed E-state index contributed by atoms with van der Waals surface area (Å²) in [6, 6.07) is 9.34. The van der Waals surface area contributed by atoms with Gasteiger partial charge in [0.2, 0.25) is 0 Å². The molecule has 3 amide bonds. The number of imide groups is 1. The molecule has 1 saturated heterocycles. The van der Waals surface area contributed by atoms with Gasteiger partial charge in [-0.2, -0.15) is 5.10 Å². The second kappa shape index (κ2) is 6.39. The van der Waals surface area contributed by atoms with Gasteiger partial charge in [0.25, 0.3) is 5.91 Å². The molecule has 2 aromatic heterocycles. The Balaban J connectivity index is 1.41. The number of hydrogen-bond acceptors (Lipinski definition) is 4. The van der Waals surface area contributed by atoms with Crippen LogP contribution in [0.15, 0.2) is 48.9 Å². The lowest BCUT2D eigenvalue weighted by atomic mass is 9.58. The fraction of sp³-hybridized carbons (Fsp3) is 0.391. The van der Waals surface area contributed by atoms with E-state index in [0.29, 0.717) is 24.1 Å². The number of H-pyrrole nitrogens is 1. The highest BCUT2D eigenvalue weighted by Gasteiger charge is 2.65. The summed E-state index contributed by atoms with van der Waals surface area (Å²) in [5.41, 5.74) is 0.654.